The number of nitrogens with one attached hydrogen (secondary N) is 2. The van der Waals surface area contributed by atoms with Crippen LogP contribution in [0.1, 0.15) is 25.1 Å². The zero-order chi connectivity index (χ0) is 13.7. The molecule has 0 atom stereocenters. The van der Waals surface area contributed by atoms with Crippen molar-refractivity contribution in [2.45, 2.75) is 27.2 Å². The number of nitrogens with zero attached hydrogens (tertiary/aromatic N) is 2. The molecular formula is C15H20N4. The normalized spacial score (nSPS) is 10.3. The smallest absolute Gasteiger partial charge is 0.224 e. The standard InChI is InChI=1S/C15H20N4/c1-4-12-8-6-7-9-13(12)18-14-10-11(3)17-15(19-14)16-5-2/h6-10H,4-5H2,1-3H3,(H2,16,17,18,19). The SMILES string of the molecule is CCNc1nc(C)cc(Nc2ccccc2CC)n1. The first-order valence-corrected chi connectivity index (χ1v) is 6.67. The lowest BCUT2D eigenvalue weighted by Crippen LogP contribution is -2.05. The van der Waals surface area contributed by atoms with Gasteiger partial charge in [-0.1, -0.05) is 25.1 Å². The van der Waals surface area contributed by atoms with E-state index in [-0.39, 0.29) is 0 Å². The van der Waals surface area contributed by atoms with E-state index in [0.29, 0.717) is 5.95 Å². The van der Waals surface area contributed by atoms with E-state index in [1.54, 1.807) is 0 Å². The summed E-state index contributed by atoms with van der Waals surface area (Å²) in [7, 11) is 0. The maximum Gasteiger partial charge on any atom is 0.224 e. The van der Waals surface area contributed by atoms with Crippen molar-refractivity contribution in [1.29, 1.82) is 0 Å². The first kappa shape index (κ1) is 13.3. The molecule has 4 heteroatoms. The van der Waals surface area contributed by atoms with E-state index in [0.717, 1.165) is 30.2 Å². The van der Waals surface area contributed by atoms with E-state index in [9.17, 15) is 0 Å². The molecule has 19 heavy (non-hydrogen) atoms. The molecule has 2 rings (SSSR count). The highest BCUT2D eigenvalue weighted by Gasteiger charge is 2.04. The van der Waals surface area contributed by atoms with E-state index in [1.807, 2.05) is 26.0 Å². The molecule has 0 saturated heterocycles. The van der Waals surface area contributed by atoms with Crippen LogP contribution in [0.4, 0.5) is 17.5 Å². The highest BCUT2D eigenvalue weighted by molar-refractivity contribution is 5.61. The van der Waals surface area contributed by atoms with Gasteiger partial charge in [-0.2, -0.15) is 4.98 Å². The third-order valence-electron chi connectivity index (χ3n) is 2.85. The van der Waals surface area contributed by atoms with Crippen LogP contribution in [-0.2, 0) is 6.42 Å². The first-order chi connectivity index (χ1) is 9.22. The van der Waals surface area contributed by atoms with Gasteiger partial charge in [0.15, 0.2) is 0 Å². The van der Waals surface area contributed by atoms with Gasteiger partial charge in [0.25, 0.3) is 0 Å². The molecule has 0 saturated carbocycles. The summed E-state index contributed by atoms with van der Waals surface area (Å²) in [5.41, 5.74) is 3.33. The van der Waals surface area contributed by atoms with Gasteiger partial charge in [0.2, 0.25) is 5.95 Å². The Kier molecular flexibility index (Phi) is 4.34. The lowest BCUT2D eigenvalue weighted by atomic mass is 10.1. The molecule has 2 N–H and O–H groups in total. The van der Waals surface area contributed by atoms with Crippen molar-refractivity contribution in [2.24, 2.45) is 0 Å². The second kappa shape index (κ2) is 6.18. The molecule has 0 fully saturated rings. The van der Waals surface area contributed by atoms with Crippen LogP contribution >= 0.6 is 0 Å². The molecule has 1 aromatic carbocycles. The van der Waals surface area contributed by atoms with Crippen LogP contribution in [0.3, 0.4) is 0 Å². The van der Waals surface area contributed by atoms with Gasteiger partial charge < -0.3 is 10.6 Å². The number of anilines is 3. The van der Waals surface area contributed by atoms with Crippen molar-refractivity contribution in [3.05, 3.63) is 41.6 Å². The van der Waals surface area contributed by atoms with Crippen molar-refractivity contribution in [3.63, 3.8) is 0 Å². The van der Waals surface area contributed by atoms with Gasteiger partial charge >= 0.3 is 0 Å². The molecule has 4 nitrogen and oxygen atoms in total. The Balaban J connectivity index is 2.27. The van der Waals surface area contributed by atoms with Crippen LogP contribution in [-0.4, -0.2) is 16.5 Å². The lowest BCUT2D eigenvalue weighted by molar-refractivity contribution is 1.05. The predicted octanol–water partition coefficient (Wildman–Crippen LogP) is 3.52. The minimum atomic E-state index is 0.666. The van der Waals surface area contributed by atoms with Crippen LogP contribution in [0.2, 0.25) is 0 Å². The maximum atomic E-state index is 4.46. The zero-order valence-electron chi connectivity index (χ0n) is 11.7. The van der Waals surface area contributed by atoms with Crippen LogP contribution < -0.4 is 10.6 Å². The van der Waals surface area contributed by atoms with E-state index in [4.69, 9.17) is 0 Å². The summed E-state index contributed by atoms with van der Waals surface area (Å²) in [6.07, 6.45) is 0.993. The molecule has 1 heterocycles. The molecule has 0 aliphatic carbocycles. The highest BCUT2D eigenvalue weighted by atomic mass is 15.1. The second-order valence-corrected chi connectivity index (χ2v) is 4.38. The van der Waals surface area contributed by atoms with Gasteiger partial charge in [0.05, 0.1) is 0 Å². The number of hydrogen-bond donors (Lipinski definition) is 2. The molecule has 0 radical (unpaired) electrons. The summed E-state index contributed by atoms with van der Waals surface area (Å²) in [5.74, 6) is 1.49. The van der Waals surface area contributed by atoms with Gasteiger partial charge in [0.1, 0.15) is 5.82 Å². The Labute approximate surface area is 114 Å². The summed E-state index contributed by atoms with van der Waals surface area (Å²) in [4.78, 5) is 8.81. The van der Waals surface area contributed by atoms with Gasteiger partial charge in [-0.3, -0.25) is 0 Å². The quantitative estimate of drug-likeness (QED) is 0.859. The fraction of sp³-hybridized carbons (Fsp3) is 0.333. The van der Waals surface area contributed by atoms with Crippen molar-refractivity contribution in [1.82, 2.24) is 9.97 Å². The average Bonchev–Trinajstić information content (AvgIpc) is 2.39. The predicted molar refractivity (Wildman–Crippen MR) is 80.0 cm³/mol. The molecule has 0 aliphatic heterocycles. The minimum absolute atomic E-state index is 0.666. The maximum absolute atomic E-state index is 4.46. The van der Waals surface area contributed by atoms with Crippen LogP contribution in [0, 0.1) is 6.92 Å². The number of hydrogen-bond acceptors (Lipinski definition) is 4. The summed E-state index contributed by atoms with van der Waals surface area (Å²) in [6, 6.07) is 10.2. The van der Waals surface area contributed by atoms with Gasteiger partial charge in [-0.05, 0) is 31.9 Å². The second-order valence-electron chi connectivity index (χ2n) is 4.38. The topological polar surface area (TPSA) is 49.8 Å². The summed E-state index contributed by atoms with van der Waals surface area (Å²) in [5, 5.41) is 6.51. The third kappa shape index (κ3) is 3.44. The van der Waals surface area contributed by atoms with E-state index in [2.05, 4.69) is 45.7 Å². The van der Waals surface area contributed by atoms with E-state index in [1.165, 1.54) is 5.56 Å². The monoisotopic (exact) mass is 256 g/mol. The van der Waals surface area contributed by atoms with Gasteiger partial charge in [-0.25, -0.2) is 4.98 Å². The number of benzene rings is 1. The lowest BCUT2D eigenvalue weighted by Gasteiger charge is -2.11. The molecule has 0 bridgehead atoms. The number of aryl methyl sites for hydroxylation is 2. The molecular weight excluding hydrogens is 236 g/mol. The first-order valence-electron chi connectivity index (χ1n) is 6.67. The molecule has 2 aromatic rings. The largest absolute Gasteiger partial charge is 0.354 e. The summed E-state index contributed by atoms with van der Waals surface area (Å²) in [6.45, 7) is 6.97. The van der Waals surface area contributed by atoms with Crippen LogP contribution in [0.25, 0.3) is 0 Å². The van der Waals surface area contributed by atoms with E-state index >= 15 is 0 Å². The van der Waals surface area contributed by atoms with Crippen molar-refractivity contribution < 1.29 is 0 Å². The highest BCUT2D eigenvalue weighted by Crippen LogP contribution is 2.21. The Morgan fingerprint density at radius 1 is 1.11 bits per heavy atom. The Bertz CT molecular complexity index is 552. The van der Waals surface area contributed by atoms with E-state index < -0.39 is 0 Å². The summed E-state index contributed by atoms with van der Waals surface area (Å²) < 4.78 is 0. The molecule has 0 amide bonds. The Morgan fingerprint density at radius 2 is 1.89 bits per heavy atom. The fourth-order valence-corrected chi connectivity index (χ4v) is 1.96. The number of rotatable bonds is 5. The molecule has 0 unspecified atom stereocenters. The van der Waals surface area contributed by atoms with Gasteiger partial charge in [-0.15, -0.1) is 0 Å². The zero-order valence-corrected chi connectivity index (χ0v) is 11.7. The fourth-order valence-electron chi connectivity index (χ4n) is 1.96. The molecule has 0 aliphatic rings. The number of aromatic nitrogens is 2. The van der Waals surface area contributed by atoms with Crippen LogP contribution in [0.5, 0.6) is 0 Å². The Hall–Kier alpha value is -2.10. The van der Waals surface area contributed by atoms with Crippen molar-refractivity contribution in [3.8, 4) is 0 Å². The van der Waals surface area contributed by atoms with Crippen LogP contribution in [0.15, 0.2) is 30.3 Å². The average molecular weight is 256 g/mol. The minimum Gasteiger partial charge on any atom is -0.354 e. The molecule has 100 valence electrons. The Morgan fingerprint density at radius 3 is 2.63 bits per heavy atom. The van der Waals surface area contributed by atoms with Crippen molar-refractivity contribution in [2.75, 3.05) is 17.2 Å². The number of para-hydroxylation sites is 1. The van der Waals surface area contributed by atoms with Crippen molar-refractivity contribution >= 4 is 17.5 Å². The molecule has 1 aromatic heterocycles. The molecule has 0 spiro atoms. The summed E-state index contributed by atoms with van der Waals surface area (Å²) >= 11 is 0. The van der Waals surface area contributed by atoms with Gasteiger partial charge in [0, 0.05) is 24.0 Å². The third-order valence-corrected chi connectivity index (χ3v) is 2.85.